The van der Waals surface area contributed by atoms with Crippen molar-refractivity contribution in [2.24, 2.45) is 11.8 Å². The van der Waals surface area contributed by atoms with Crippen LogP contribution in [0.4, 0.5) is 20.4 Å². The number of nitrogens with zero attached hydrogens (tertiary/aromatic N) is 12. The average molecular weight is 827 g/mol. The summed E-state index contributed by atoms with van der Waals surface area (Å²) in [5, 5.41) is 51.9. The molecule has 16 nitrogen and oxygen atoms in total. The summed E-state index contributed by atoms with van der Waals surface area (Å²) in [5.41, 5.74) is 3.69. The molecular weight excluding hydrogens is 795 g/mol. The number of carbonyl (C=O) groups excluding carboxylic acids is 2. The molecule has 0 radical (unpaired) electrons. The summed E-state index contributed by atoms with van der Waals surface area (Å²) >= 11 is 0. The van der Waals surface area contributed by atoms with Gasteiger partial charge in [-0.1, -0.05) is 12.1 Å². The van der Waals surface area contributed by atoms with Gasteiger partial charge in [0, 0.05) is 50.7 Å². The first kappa shape index (κ1) is 39.0. The Bertz CT molecular complexity index is 2800. The van der Waals surface area contributed by atoms with Gasteiger partial charge in [-0.25, -0.2) is 28.1 Å². The van der Waals surface area contributed by atoms with Crippen LogP contribution < -0.4 is 20.4 Å². The lowest BCUT2D eigenvalue weighted by Crippen LogP contribution is -2.20. The van der Waals surface area contributed by atoms with Gasteiger partial charge in [0.05, 0.1) is 117 Å². The molecule has 0 bridgehead atoms. The van der Waals surface area contributed by atoms with Crippen molar-refractivity contribution >= 4 is 23.5 Å². The first-order valence-corrected chi connectivity index (χ1v) is 19.6. The minimum absolute atomic E-state index is 0.0295. The van der Waals surface area contributed by atoms with E-state index in [4.69, 9.17) is 10.5 Å². The van der Waals surface area contributed by atoms with Gasteiger partial charge < -0.3 is 20.4 Å². The van der Waals surface area contributed by atoms with Gasteiger partial charge in [-0.05, 0) is 49.2 Å². The molecule has 8 heterocycles. The summed E-state index contributed by atoms with van der Waals surface area (Å²) in [6.45, 7) is 3.11. The fraction of sp³-hybridized carbons (Fsp3) is 0.227. The number of halogens is 2. The number of fused-ring (bicyclic) bond motifs is 2. The minimum atomic E-state index is -0.560. The van der Waals surface area contributed by atoms with Crippen LogP contribution in [-0.2, 0) is 13.1 Å². The van der Waals surface area contributed by atoms with Crippen LogP contribution in [0.2, 0.25) is 0 Å². The standard InChI is InChI=1S/2C22H16FN7O/c2*23-15-3-1-2-14(10-25)20(15)16-8-18(21-17(27-16)11-26-22(21)31)30-7-5-19(28-30)29-6-4-13(9-24)12-29/h2*1-3,5,7-8,13H,4,6,11-12H2,(H,26,31)/t13-;/m0./s1. The van der Waals surface area contributed by atoms with Crippen LogP contribution in [0.5, 0.6) is 0 Å². The number of anilines is 2. The number of hydrogen-bond donors (Lipinski definition) is 2. The van der Waals surface area contributed by atoms with Crippen LogP contribution in [-0.4, -0.2) is 67.5 Å². The number of benzene rings is 2. The molecule has 4 aliphatic rings. The lowest BCUT2D eigenvalue weighted by molar-refractivity contribution is 0.0957. The Morgan fingerprint density at radius 2 is 1.05 bits per heavy atom. The van der Waals surface area contributed by atoms with E-state index in [2.05, 4.69) is 42.9 Å². The van der Waals surface area contributed by atoms with Crippen LogP contribution in [0, 0.1) is 68.8 Å². The fourth-order valence-electron chi connectivity index (χ4n) is 8.18. The molecule has 2 fully saturated rings. The van der Waals surface area contributed by atoms with Crippen molar-refractivity contribution in [1.82, 2.24) is 40.2 Å². The Morgan fingerprint density at radius 3 is 1.44 bits per heavy atom. The zero-order chi connectivity index (χ0) is 43.1. The van der Waals surface area contributed by atoms with Gasteiger partial charge in [-0.2, -0.15) is 31.2 Å². The van der Waals surface area contributed by atoms with Crippen molar-refractivity contribution < 1.29 is 18.4 Å². The van der Waals surface area contributed by atoms with E-state index >= 15 is 0 Å². The maximum absolute atomic E-state index is 14.6. The van der Waals surface area contributed by atoms with Crippen LogP contribution in [0.3, 0.4) is 0 Å². The van der Waals surface area contributed by atoms with Crippen molar-refractivity contribution in [3.8, 4) is 58.2 Å². The highest BCUT2D eigenvalue weighted by Crippen LogP contribution is 2.34. The van der Waals surface area contributed by atoms with E-state index in [9.17, 15) is 28.9 Å². The smallest absolute Gasteiger partial charge is 0.255 e. The third kappa shape index (κ3) is 6.95. The van der Waals surface area contributed by atoms with E-state index < -0.39 is 11.6 Å². The zero-order valence-electron chi connectivity index (χ0n) is 32.7. The Kier molecular flexibility index (Phi) is 10.0. The van der Waals surface area contributed by atoms with E-state index in [0.29, 0.717) is 58.6 Å². The molecule has 4 aliphatic heterocycles. The van der Waals surface area contributed by atoms with E-state index in [1.807, 2.05) is 34.1 Å². The predicted octanol–water partition coefficient (Wildman–Crippen LogP) is 5.08. The van der Waals surface area contributed by atoms with Crippen molar-refractivity contribution in [3.63, 3.8) is 0 Å². The highest BCUT2D eigenvalue weighted by atomic mass is 19.1. The zero-order valence-corrected chi connectivity index (χ0v) is 32.7. The van der Waals surface area contributed by atoms with Crippen molar-refractivity contribution in [1.29, 1.82) is 21.0 Å². The molecular formula is C44H32F2N14O2. The Balaban J connectivity index is 0.000000158. The molecule has 2 saturated heterocycles. The normalized spacial score (nSPS) is 17.2. The quantitative estimate of drug-likeness (QED) is 0.225. The summed E-state index contributed by atoms with van der Waals surface area (Å²) < 4.78 is 32.4. The SMILES string of the molecule is N#Cc1cccc(F)c1-c1cc(-n2ccc(N3CCC(C#N)C3)n2)c2c(n1)CNC2=O.N#Cc1cccc(F)c1-c1cc(-n2ccc(N3CC[C@@H](C#N)C3)n2)c2c(n1)CNC2=O. The number of carbonyl (C=O) groups is 2. The number of amides is 2. The van der Waals surface area contributed by atoms with Gasteiger partial charge in [0.25, 0.3) is 11.8 Å². The fourth-order valence-corrected chi connectivity index (χ4v) is 8.18. The van der Waals surface area contributed by atoms with Gasteiger partial charge in [-0.3, -0.25) is 9.59 Å². The van der Waals surface area contributed by atoms with Gasteiger partial charge in [0.2, 0.25) is 0 Å². The second-order valence-electron chi connectivity index (χ2n) is 15.0. The first-order valence-electron chi connectivity index (χ1n) is 19.6. The highest BCUT2D eigenvalue weighted by molar-refractivity contribution is 6.02. The van der Waals surface area contributed by atoms with Crippen LogP contribution in [0.15, 0.2) is 73.1 Å². The Hall–Kier alpha value is -8.48. The van der Waals surface area contributed by atoms with Gasteiger partial charge in [-0.15, -0.1) is 0 Å². The molecule has 2 atom stereocenters. The topological polar surface area (TPSA) is 221 Å². The molecule has 18 heteroatoms. The summed E-state index contributed by atoms with van der Waals surface area (Å²) in [6, 6.07) is 23.9. The predicted molar refractivity (Wildman–Crippen MR) is 217 cm³/mol. The second kappa shape index (κ2) is 15.9. The number of hydrogen-bond acceptors (Lipinski definition) is 12. The van der Waals surface area contributed by atoms with Crippen LogP contribution in [0.1, 0.15) is 56.1 Å². The van der Waals surface area contributed by atoms with E-state index in [0.717, 1.165) is 25.9 Å². The monoisotopic (exact) mass is 826 g/mol. The summed E-state index contributed by atoms with van der Waals surface area (Å²) in [4.78, 5) is 38.0. The summed E-state index contributed by atoms with van der Waals surface area (Å²) in [7, 11) is 0. The maximum Gasteiger partial charge on any atom is 0.255 e. The molecule has 304 valence electrons. The van der Waals surface area contributed by atoms with Gasteiger partial charge >= 0.3 is 0 Å². The van der Waals surface area contributed by atoms with Crippen LogP contribution in [0.25, 0.3) is 33.9 Å². The maximum atomic E-state index is 14.6. The number of nitrogens with one attached hydrogen (secondary N) is 2. The van der Waals surface area contributed by atoms with Gasteiger partial charge in [0.1, 0.15) is 11.6 Å². The lowest BCUT2D eigenvalue weighted by Gasteiger charge is -2.14. The van der Waals surface area contributed by atoms with E-state index in [1.54, 1.807) is 33.9 Å². The van der Waals surface area contributed by atoms with Crippen molar-refractivity contribution in [3.05, 3.63) is 118 Å². The van der Waals surface area contributed by atoms with E-state index in [-0.39, 0.29) is 70.4 Å². The van der Waals surface area contributed by atoms with Crippen LogP contribution >= 0.6 is 0 Å². The molecule has 6 aromatic rings. The Morgan fingerprint density at radius 1 is 0.613 bits per heavy atom. The molecule has 2 amide bonds. The van der Waals surface area contributed by atoms with Crippen molar-refractivity contribution in [2.45, 2.75) is 25.9 Å². The summed E-state index contributed by atoms with van der Waals surface area (Å²) in [5.74, 6) is -0.331. The molecule has 0 saturated carbocycles. The molecule has 2 N–H and O–H groups in total. The number of nitriles is 4. The molecule has 62 heavy (non-hydrogen) atoms. The molecule has 1 unspecified atom stereocenters. The largest absolute Gasteiger partial charge is 0.354 e. The number of aromatic nitrogens is 6. The first-order chi connectivity index (χ1) is 30.2. The second-order valence-corrected chi connectivity index (χ2v) is 15.0. The molecule has 2 aromatic carbocycles. The molecule has 0 aliphatic carbocycles. The lowest BCUT2D eigenvalue weighted by atomic mass is 10.0. The summed E-state index contributed by atoms with van der Waals surface area (Å²) in [6.07, 6.45) is 5.02. The number of pyridine rings is 2. The van der Waals surface area contributed by atoms with E-state index in [1.165, 1.54) is 36.4 Å². The highest BCUT2D eigenvalue weighted by Gasteiger charge is 2.31. The Labute approximate surface area is 352 Å². The third-order valence-electron chi connectivity index (χ3n) is 11.2. The minimum Gasteiger partial charge on any atom is -0.354 e. The molecule has 0 spiro atoms. The van der Waals surface area contributed by atoms with Crippen molar-refractivity contribution in [2.75, 3.05) is 36.0 Å². The average Bonchev–Trinajstić information content (AvgIpc) is 4.16. The molecule has 10 rings (SSSR count). The molecule has 4 aromatic heterocycles. The van der Waals surface area contributed by atoms with Gasteiger partial charge in [0.15, 0.2) is 11.6 Å². The number of rotatable bonds is 6. The third-order valence-corrected chi connectivity index (χ3v) is 11.2.